The van der Waals surface area contributed by atoms with E-state index in [4.69, 9.17) is 0 Å². The first kappa shape index (κ1) is 21.3. The molecule has 162 valence electrons. The Labute approximate surface area is 178 Å². The summed E-state index contributed by atoms with van der Waals surface area (Å²) in [5.74, 6) is -0.539. The second-order valence-electron chi connectivity index (χ2n) is 8.62. The maximum Gasteiger partial charge on any atom is 0.241 e. The lowest BCUT2D eigenvalue weighted by Crippen LogP contribution is -2.45. The minimum atomic E-state index is -3.78. The zero-order valence-electron chi connectivity index (χ0n) is 17.9. The maximum absolute atomic E-state index is 13.7. The standard InChI is InChI=1S/C23H30FN3O2S/c1-16-5-9-22(27-12-10-26(3)11-13-27)21-15-19(7-8-20(16)21)25-30(28,29)23-14-18(24)6-4-17(23)2/h4-6,9,14,19,25H,7-8,10-13,15H2,1-3H3/t19-/m1/s1. The smallest absolute Gasteiger partial charge is 0.241 e. The molecule has 0 spiro atoms. The quantitative estimate of drug-likeness (QED) is 0.809. The molecule has 1 N–H and O–H groups in total. The molecule has 30 heavy (non-hydrogen) atoms. The normalized spacial score (nSPS) is 20.3. The summed E-state index contributed by atoms with van der Waals surface area (Å²) in [6.45, 7) is 7.83. The van der Waals surface area contributed by atoms with Crippen molar-refractivity contribution in [2.75, 3.05) is 38.1 Å². The van der Waals surface area contributed by atoms with Gasteiger partial charge in [-0.3, -0.25) is 0 Å². The number of likely N-dealkylation sites (N-methyl/N-ethyl adjacent to an activating group) is 1. The molecule has 0 aromatic heterocycles. The van der Waals surface area contributed by atoms with Gasteiger partial charge in [-0.25, -0.2) is 17.5 Å². The Balaban J connectivity index is 1.60. The number of rotatable bonds is 4. The van der Waals surface area contributed by atoms with Gasteiger partial charge in [-0.05, 0) is 80.6 Å². The first-order valence-electron chi connectivity index (χ1n) is 10.6. The Morgan fingerprint density at radius 3 is 2.43 bits per heavy atom. The van der Waals surface area contributed by atoms with Crippen molar-refractivity contribution in [1.29, 1.82) is 0 Å². The zero-order chi connectivity index (χ0) is 21.5. The monoisotopic (exact) mass is 431 g/mol. The van der Waals surface area contributed by atoms with Crippen LogP contribution in [0.4, 0.5) is 10.1 Å². The third kappa shape index (κ3) is 4.24. The van der Waals surface area contributed by atoms with E-state index in [1.807, 2.05) is 0 Å². The van der Waals surface area contributed by atoms with Crippen LogP contribution in [-0.2, 0) is 22.9 Å². The van der Waals surface area contributed by atoms with Crippen molar-refractivity contribution in [1.82, 2.24) is 9.62 Å². The lowest BCUT2D eigenvalue weighted by atomic mass is 9.84. The second kappa shape index (κ2) is 8.29. The van der Waals surface area contributed by atoms with Crippen molar-refractivity contribution in [2.45, 2.75) is 44.0 Å². The molecule has 1 saturated heterocycles. The number of nitrogens with one attached hydrogen (secondary N) is 1. The highest BCUT2D eigenvalue weighted by molar-refractivity contribution is 7.89. The van der Waals surface area contributed by atoms with Crippen molar-refractivity contribution in [3.63, 3.8) is 0 Å². The lowest BCUT2D eigenvalue weighted by Gasteiger charge is -2.37. The van der Waals surface area contributed by atoms with Crippen LogP contribution in [0.1, 0.15) is 28.7 Å². The van der Waals surface area contributed by atoms with Crippen LogP contribution in [0.15, 0.2) is 35.2 Å². The fourth-order valence-electron chi connectivity index (χ4n) is 4.63. The summed E-state index contributed by atoms with van der Waals surface area (Å²) < 4.78 is 42.5. The Morgan fingerprint density at radius 1 is 1.00 bits per heavy atom. The highest BCUT2D eigenvalue weighted by Gasteiger charge is 2.29. The summed E-state index contributed by atoms with van der Waals surface area (Å²) in [6, 6.07) is 8.08. The number of fused-ring (bicyclic) bond motifs is 1. The highest BCUT2D eigenvalue weighted by Crippen LogP contribution is 2.34. The Bertz CT molecular complexity index is 1050. The van der Waals surface area contributed by atoms with Crippen LogP contribution in [0.2, 0.25) is 0 Å². The molecule has 1 atom stereocenters. The predicted molar refractivity (Wildman–Crippen MR) is 118 cm³/mol. The van der Waals surface area contributed by atoms with Gasteiger partial charge in [-0.2, -0.15) is 0 Å². The number of benzene rings is 2. The van der Waals surface area contributed by atoms with Crippen LogP contribution >= 0.6 is 0 Å². The molecule has 4 rings (SSSR count). The van der Waals surface area contributed by atoms with Crippen molar-refractivity contribution < 1.29 is 12.8 Å². The third-order valence-corrected chi connectivity index (χ3v) is 8.10. The van der Waals surface area contributed by atoms with Crippen LogP contribution in [-0.4, -0.2) is 52.6 Å². The van der Waals surface area contributed by atoms with Gasteiger partial charge in [-0.15, -0.1) is 0 Å². The first-order chi connectivity index (χ1) is 14.2. The van der Waals surface area contributed by atoms with Crippen LogP contribution in [0.3, 0.4) is 0 Å². The molecule has 1 heterocycles. The van der Waals surface area contributed by atoms with E-state index in [2.05, 4.69) is 40.6 Å². The minimum Gasteiger partial charge on any atom is -0.369 e. The summed E-state index contributed by atoms with van der Waals surface area (Å²) in [5.41, 5.74) is 5.66. The molecule has 2 aliphatic rings. The van der Waals surface area contributed by atoms with Crippen LogP contribution in [0.25, 0.3) is 0 Å². The zero-order valence-corrected chi connectivity index (χ0v) is 18.7. The van der Waals surface area contributed by atoms with Crippen LogP contribution in [0.5, 0.6) is 0 Å². The Morgan fingerprint density at radius 2 is 1.70 bits per heavy atom. The molecule has 0 saturated carbocycles. The topological polar surface area (TPSA) is 52.7 Å². The third-order valence-electron chi connectivity index (χ3n) is 6.44. The van der Waals surface area contributed by atoms with E-state index in [-0.39, 0.29) is 10.9 Å². The van der Waals surface area contributed by atoms with E-state index < -0.39 is 15.8 Å². The number of piperazine rings is 1. The van der Waals surface area contributed by atoms with Crippen LogP contribution < -0.4 is 9.62 Å². The fourth-order valence-corrected chi connectivity index (χ4v) is 6.16. The molecule has 1 aliphatic heterocycles. The summed E-state index contributed by atoms with van der Waals surface area (Å²) in [4.78, 5) is 4.78. The van der Waals surface area contributed by atoms with Gasteiger partial charge in [0.1, 0.15) is 5.82 Å². The number of anilines is 1. The molecule has 0 radical (unpaired) electrons. The van der Waals surface area contributed by atoms with Crippen molar-refractivity contribution in [2.24, 2.45) is 0 Å². The summed E-state index contributed by atoms with van der Waals surface area (Å²) in [6.07, 6.45) is 2.25. The van der Waals surface area contributed by atoms with Crippen LogP contribution in [0, 0.1) is 19.7 Å². The molecule has 0 amide bonds. The largest absolute Gasteiger partial charge is 0.369 e. The number of halogens is 1. The maximum atomic E-state index is 13.7. The summed E-state index contributed by atoms with van der Waals surface area (Å²) in [7, 11) is -1.64. The number of aryl methyl sites for hydroxylation is 2. The van der Waals surface area contributed by atoms with E-state index in [0.717, 1.165) is 45.1 Å². The van der Waals surface area contributed by atoms with Gasteiger partial charge < -0.3 is 9.80 Å². The van der Waals surface area contributed by atoms with Crippen molar-refractivity contribution in [3.05, 3.63) is 58.4 Å². The van der Waals surface area contributed by atoms with E-state index in [1.54, 1.807) is 6.92 Å². The van der Waals surface area contributed by atoms with E-state index in [9.17, 15) is 12.8 Å². The van der Waals surface area contributed by atoms with Gasteiger partial charge >= 0.3 is 0 Å². The Kier molecular flexibility index (Phi) is 5.88. The number of hydrogen-bond donors (Lipinski definition) is 1. The van der Waals surface area contributed by atoms with Crippen molar-refractivity contribution >= 4 is 15.7 Å². The van der Waals surface area contributed by atoms with Gasteiger partial charge in [0.2, 0.25) is 10.0 Å². The lowest BCUT2D eigenvalue weighted by molar-refractivity contribution is 0.312. The van der Waals surface area contributed by atoms with Crippen molar-refractivity contribution in [3.8, 4) is 0 Å². The number of sulfonamides is 1. The molecule has 0 bridgehead atoms. The van der Waals surface area contributed by atoms with Gasteiger partial charge in [-0.1, -0.05) is 12.1 Å². The first-order valence-corrected chi connectivity index (χ1v) is 12.1. The number of hydrogen-bond acceptors (Lipinski definition) is 4. The van der Waals surface area contributed by atoms with E-state index in [0.29, 0.717) is 12.0 Å². The molecule has 2 aromatic carbocycles. The molecule has 2 aromatic rings. The molecule has 5 nitrogen and oxygen atoms in total. The van der Waals surface area contributed by atoms with Gasteiger partial charge in [0, 0.05) is 37.9 Å². The fraction of sp³-hybridized carbons (Fsp3) is 0.478. The minimum absolute atomic E-state index is 0.0248. The van der Waals surface area contributed by atoms with Gasteiger partial charge in [0.25, 0.3) is 0 Å². The average molecular weight is 432 g/mol. The van der Waals surface area contributed by atoms with Gasteiger partial charge in [0.15, 0.2) is 0 Å². The predicted octanol–water partition coefficient (Wildman–Crippen LogP) is 3.03. The summed E-state index contributed by atoms with van der Waals surface area (Å²) in [5, 5.41) is 0. The number of nitrogens with zero attached hydrogens (tertiary/aromatic N) is 2. The van der Waals surface area contributed by atoms with Gasteiger partial charge in [0.05, 0.1) is 4.90 Å². The molecular weight excluding hydrogens is 401 g/mol. The molecule has 0 unspecified atom stereocenters. The van der Waals surface area contributed by atoms with E-state index >= 15 is 0 Å². The highest BCUT2D eigenvalue weighted by atomic mass is 32.2. The average Bonchev–Trinajstić information content (AvgIpc) is 2.70. The Hall–Kier alpha value is -1.96. The molecule has 1 aliphatic carbocycles. The van der Waals surface area contributed by atoms with E-state index in [1.165, 1.54) is 34.5 Å². The summed E-state index contributed by atoms with van der Waals surface area (Å²) >= 11 is 0. The molecular formula is C23H30FN3O2S. The SMILES string of the molecule is Cc1ccc(F)cc1S(=O)(=O)N[C@@H]1CCc2c(C)ccc(N3CCN(C)CC3)c2C1. The second-order valence-corrected chi connectivity index (χ2v) is 10.3. The molecule has 7 heteroatoms. The molecule has 1 fully saturated rings.